The van der Waals surface area contributed by atoms with Gasteiger partial charge in [0.05, 0.1) is 6.61 Å². The molecule has 20 heavy (non-hydrogen) atoms. The van der Waals surface area contributed by atoms with E-state index < -0.39 is 0 Å². The molecule has 1 aliphatic heterocycles. The Labute approximate surface area is 126 Å². The Hall–Kier alpha value is -0.820. The summed E-state index contributed by atoms with van der Waals surface area (Å²) in [6, 6.07) is 2.20. The van der Waals surface area contributed by atoms with Crippen LogP contribution in [0.3, 0.4) is 0 Å². The minimum Gasteiger partial charge on any atom is -0.395 e. The Morgan fingerprint density at radius 2 is 2.20 bits per heavy atom. The van der Waals surface area contributed by atoms with Crippen LogP contribution in [0.5, 0.6) is 0 Å². The molecule has 0 spiro atoms. The summed E-state index contributed by atoms with van der Waals surface area (Å²) in [5.74, 6) is 6.09. The van der Waals surface area contributed by atoms with Gasteiger partial charge in [0.1, 0.15) is 0 Å². The van der Waals surface area contributed by atoms with E-state index in [2.05, 4.69) is 42.0 Å². The van der Waals surface area contributed by atoms with Crippen molar-refractivity contribution in [1.29, 1.82) is 0 Å². The van der Waals surface area contributed by atoms with E-state index in [4.69, 9.17) is 5.11 Å². The lowest BCUT2D eigenvalue weighted by Gasteiger charge is -2.22. The smallest absolute Gasteiger partial charge is 0.0540 e. The summed E-state index contributed by atoms with van der Waals surface area (Å²) < 4.78 is 0. The summed E-state index contributed by atoms with van der Waals surface area (Å²) >= 11 is 1.80. The van der Waals surface area contributed by atoms with E-state index in [-0.39, 0.29) is 6.61 Å². The summed E-state index contributed by atoms with van der Waals surface area (Å²) in [6.07, 6.45) is 4.50. The molecular formula is C17H25NOS. The van der Waals surface area contributed by atoms with Crippen LogP contribution < -0.4 is 0 Å². The number of hydrogen-bond acceptors (Lipinski definition) is 3. The van der Waals surface area contributed by atoms with Gasteiger partial charge in [-0.2, -0.15) is 0 Å². The molecule has 2 nitrogen and oxygen atoms in total. The number of aliphatic hydroxyl groups excluding tert-OH is 1. The van der Waals surface area contributed by atoms with Crippen molar-refractivity contribution < 1.29 is 5.11 Å². The van der Waals surface area contributed by atoms with Crippen molar-refractivity contribution in [1.82, 2.24) is 4.90 Å². The van der Waals surface area contributed by atoms with Gasteiger partial charge in [-0.15, -0.1) is 11.3 Å². The fourth-order valence-corrected chi connectivity index (χ4v) is 3.46. The zero-order valence-electron chi connectivity index (χ0n) is 12.6. The third kappa shape index (κ3) is 4.94. The Balaban J connectivity index is 1.89. The van der Waals surface area contributed by atoms with E-state index >= 15 is 0 Å². The molecule has 0 atom stereocenters. The quantitative estimate of drug-likeness (QED) is 0.862. The molecule has 1 N–H and O–H groups in total. The highest BCUT2D eigenvalue weighted by atomic mass is 32.1. The molecule has 1 aromatic heterocycles. The standard InChI is InChI=1S/C17H25NOS/c1-17(2)7-5-9-18(10-8-17)13-16-12-15(14-20-16)6-3-4-11-19/h12,14,19H,4-5,7-11,13H2,1-2H3. The second-order valence-corrected chi connectivity index (χ2v) is 7.37. The van der Waals surface area contributed by atoms with Crippen LogP contribution in [-0.4, -0.2) is 29.7 Å². The Morgan fingerprint density at radius 1 is 1.35 bits per heavy atom. The highest BCUT2D eigenvalue weighted by Crippen LogP contribution is 2.30. The van der Waals surface area contributed by atoms with Gasteiger partial charge in [0.15, 0.2) is 0 Å². The average molecular weight is 291 g/mol. The van der Waals surface area contributed by atoms with Gasteiger partial charge in [-0.25, -0.2) is 0 Å². The molecule has 0 aliphatic carbocycles. The van der Waals surface area contributed by atoms with Gasteiger partial charge in [-0.1, -0.05) is 25.7 Å². The van der Waals surface area contributed by atoms with Gasteiger partial charge in [0.2, 0.25) is 0 Å². The van der Waals surface area contributed by atoms with Crippen LogP contribution >= 0.6 is 11.3 Å². The number of thiophene rings is 1. The fraction of sp³-hybridized carbons (Fsp3) is 0.647. The van der Waals surface area contributed by atoms with Crippen molar-refractivity contribution in [3.8, 4) is 11.8 Å². The highest BCUT2D eigenvalue weighted by Gasteiger charge is 2.23. The minimum absolute atomic E-state index is 0.146. The van der Waals surface area contributed by atoms with Crippen LogP contribution in [0.15, 0.2) is 11.4 Å². The van der Waals surface area contributed by atoms with Crippen molar-refractivity contribution >= 4 is 11.3 Å². The zero-order chi connectivity index (χ0) is 14.4. The molecule has 1 fully saturated rings. The highest BCUT2D eigenvalue weighted by molar-refractivity contribution is 7.10. The van der Waals surface area contributed by atoms with Gasteiger partial charge < -0.3 is 5.11 Å². The zero-order valence-corrected chi connectivity index (χ0v) is 13.4. The number of likely N-dealkylation sites (tertiary alicyclic amines) is 1. The van der Waals surface area contributed by atoms with Gasteiger partial charge in [-0.05, 0) is 43.8 Å². The van der Waals surface area contributed by atoms with Crippen LogP contribution in [-0.2, 0) is 6.54 Å². The van der Waals surface area contributed by atoms with Gasteiger partial charge in [0, 0.05) is 28.8 Å². The van der Waals surface area contributed by atoms with Crippen molar-refractivity contribution in [3.63, 3.8) is 0 Å². The summed E-state index contributed by atoms with van der Waals surface area (Å²) in [7, 11) is 0. The van der Waals surface area contributed by atoms with Crippen molar-refractivity contribution in [2.24, 2.45) is 5.41 Å². The molecule has 0 radical (unpaired) electrons. The number of rotatable bonds is 3. The molecule has 0 bridgehead atoms. The molecule has 3 heteroatoms. The number of aliphatic hydroxyl groups is 1. The largest absolute Gasteiger partial charge is 0.395 e. The van der Waals surface area contributed by atoms with Crippen molar-refractivity contribution in [3.05, 3.63) is 21.9 Å². The second kappa shape index (κ2) is 7.26. The first-order valence-corrected chi connectivity index (χ1v) is 8.36. The topological polar surface area (TPSA) is 23.5 Å². The monoisotopic (exact) mass is 291 g/mol. The molecule has 1 saturated heterocycles. The molecule has 2 heterocycles. The average Bonchev–Trinajstić information content (AvgIpc) is 2.76. The van der Waals surface area contributed by atoms with Gasteiger partial charge in [-0.3, -0.25) is 4.90 Å². The van der Waals surface area contributed by atoms with Gasteiger partial charge in [0.25, 0.3) is 0 Å². The number of nitrogens with zero attached hydrogens (tertiary/aromatic N) is 1. The second-order valence-electron chi connectivity index (χ2n) is 6.37. The Kier molecular flexibility index (Phi) is 5.65. The third-order valence-electron chi connectivity index (χ3n) is 3.94. The number of hydrogen-bond donors (Lipinski definition) is 1. The lowest BCUT2D eigenvalue weighted by molar-refractivity contribution is 0.257. The van der Waals surface area contributed by atoms with E-state index in [9.17, 15) is 0 Å². The predicted octanol–water partition coefficient (Wildman–Crippen LogP) is 3.49. The summed E-state index contributed by atoms with van der Waals surface area (Å²) in [4.78, 5) is 3.98. The molecule has 2 rings (SSSR count). The maximum atomic E-state index is 8.73. The van der Waals surface area contributed by atoms with E-state index in [1.165, 1.54) is 37.2 Å². The molecule has 0 unspecified atom stereocenters. The van der Waals surface area contributed by atoms with Crippen molar-refractivity contribution in [2.75, 3.05) is 19.7 Å². The predicted molar refractivity (Wildman–Crippen MR) is 85.8 cm³/mol. The lowest BCUT2D eigenvalue weighted by Crippen LogP contribution is -2.24. The van der Waals surface area contributed by atoms with E-state index in [1.807, 2.05) is 0 Å². The maximum absolute atomic E-state index is 8.73. The Morgan fingerprint density at radius 3 is 3.00 bits per heavy atom. The fourth-order valence-electron chi connectivity index (χ4n) is 2.61. The first-order chi connectivity index (χ1) is 9.59. The van der Waals surface area contributed by atoms with Crippen molar-refractivity contribution in [2.45, 2.75) is 46.1 Å². The molecular weight excluding hydrogens is 266 g/mol. The van der Waals surface area contributed by atoms with Crippen LogP contribution in [0.4, 0.5) is 0 Å². The van der Waals surface area contributed by atoms with Crippen LogP contribution in [0, 0.1) is 17.3 Å². The third-order valence-corrected chi connectivity index (χ3v) is 4.86. The van der Waals surface area contributed by atoms with Crippen LogP contribution in [0.25, 0.3) is 0 Å². The minimum atomic E-state index is 0.146. The van der Waals surface area contributed by atoms with E-state index in [0.29, 0.717) is 11.8 Å². The SMILES string of the molecule is CC1(C)CCCN(Cc2cc(C#CCCO)cs2)CC1. The molecule has 110 valence electrons. The van der Waals surface area contributed by atoms with E-state index in [1.54, 1.807) is 11.3 Å². The van der Waals surface area contributed by atoms with E-state index in [0.717, 1.165) is 12.1 Å². The molecule has 1 aliphatic rings. The maximum Gasteiger partial charge on any atom is 0.0540 e. The first-order valence-electron chi connectivity index (χ1n) is 7.48. The van der Waals surface area contributed by atoms with Crippen LogP contribution in [0.1, 0.15) is 50.0 Å². The van der Waals surface area contributed by atoms with Crippen LogP contribution in [0.2, 0.25) is 0 Å². The molecule has 0 aromatic carbocycles. The Bertz CT molecular complexity index is 481. The molecule has 0 saturated carbocycles. The normalized spacial score (nSPS) is 19.1. The summed E-state index contributed by atoms with van der Waals surface area (Å²) in [5, 5.41) is 10.9. The van der Waals surface area contributed by atoms with Gasteiger partial charge >= 0.3 is 0 Å². The molecule has 0 amide bonds. The lowest BCUT2D eigenvalue weighted by atomic mass is 9.85. The summed E-state index contributed by atoms with van der Waals surface area (Å²) in [6.45, 7) is 8.40. The molecule has 1 aromatic rings. The summed E-state index contributed by atoms with van der Waals surface area (Å²) in [5.41, 5.74) is 1.60. The first kappa shape index (κ1) is 15.6.